The number of ether oxygens (including phenoxy) is 2. The van der Waals surface area contributed by atoms with E-state index >= 15 is 0 Å². The van der Waals surface area contributed by atoms with E-state index in [4.69, 9.17) is 14.6 Å². The zero-order valence-electron chi connectivity index (χ0n) is 26.0. The van der Waals surface area contributed by atoms with Crippen LogP contribution in [0.4, 0.5) is 0 Å². The number of allylic oxidation sites excluding steroid dienone is 2. The van der Waals surface area contributed by atoms with Crippen LogP contribution in [0.25, 0.3) is 0 Å². The fourth-order valence-electron chi connectivity index (χ4n) is 7.02. The molecule has 244 valence electrons. The van der Waals surface area contributed by atoms with Gasteiger partial charge in [-0.3, -0.25) is 19.2 Å². The lowest BCUT2D eigenvalue weighted by molar-refractivity contribution is -0.180. The summed E-state index contributed by atoms with van der Waals surface area (Å²) in [5.41, 5.74) is 2.95. The number of aliphatic hydroxyl groups excluding tert-OH is 1. The van der Waals surface area contributed by atoms with Gasteiger partial charge in [0.1, 0.15) is 5.75 Å². The van der Waals surface area contributed by atoms with Gasteiger partial charge in [-0.05, 0) is 72.2 Å². The maximum Gasteiger partial charge on any atom is 0.251 e. The smallest absolute Gasteiger partial charge is 0.251 e. The molecular weight excluding hydrogens is 654 g/mol. The fraction of sp³-hybridized carbons (Fsp3) is 0.429. The highest BCUT2D eigenvalue weighted by atomic mass is 79.9. The summed E-state index contributed by atoms with van der Waals surface area (Å²) in [5.74, 6) is -1.95. The Balaban J connectivity index is 1.38. The molecule has 3 aliphatic rings. The van der Waals surface area contributed by atoms with Crippen molar-refractivity contribution in [2.75, 3.05) is 26.8 Å². The molecule has 4 N–H and O–H groups in total. The minimum atomic E-state index is -1.16. The first-order chi connectivity index (χ1) is 22.2. The van der Waals surface area contributed by atoms with Gasteiger partial charge >= 0.3 is 0 Å². The van der Waals surface area contributed by atoms with Crippen molar-refractivity contribution >= 4 is 39.4 Å². The highest BCUT2D eigenvalue weighted by Crippen LogP contribution is 2.59. The van der Waals surface area contributed by atoms with E-state index in [1.54, 1.807) is 19.3 Å². The van der Waals surface area contributed by atoms with Crippen molar-refractivity contribution in [3.63, 3.8) is 0 Å². The van der Waals surface area contributed by atoms with Crippen molar-refractivity contribution in [2.45, 2.75) is 50.9 Å². The van der Waals surface area contributed by atoms with E-state index in [-0.39, 0.29) is 67.4 Å². The molecule has 2 aromatic carbocycles. The third kappa shape index (κ3) is 6.96. The predicted molar refractivity (Wildman–Crippen MR) is 175 cm³/mol. The van der Waals surface area contributed by atoms with Gasteiger partial charge in [0, 0.05) is 48.1 Å². The van der Waals surface area contributed by atoms with Gasteiger partial charge in [-0.1, -0.05) is 53.5 Å². The molecule has 3 amide bonds. The minimum Gasteiger partial charge on any atom is -0.458 e. The Kier molecular flexibility index (Phi) is 10.8. The summed E-state index contributed by atoms with van der Waals surface area (Å²) < 4.78 is 13.5. The number of amides is 3. The number of ketones is 1. The molecule has 46 heavy (non-hydrogen) atoms. The van der Waals surface area contributed by atoms with Gasteiger partial charge in [0.05, 0.1) is 19.1 Å². The van der Waals surface area contributed by atoms with E-state index in [0.29, 0.717) is 36.3 Å². The predicted octanol–water partition coefficient (Wildman–Crippen LogP) is 3.93. The van der Waals surface area contributed by atoms with E-state index in [0.717, 1.165) is 22.0 Å². The van der Waals surface area contributed by atoms with Gasteiger partial charge in [-0.2, -0.15) is 0 Å². The molecule has 0 fully saturated rings. The number of halogens is 1. The Morgan fingerprint density at radius 2 is 1.89 bits per heavy atom. The topological polar surface area (TPSA) is 143 Å². The number of benzene rings is 2. The molecule has 0 aromatic heterocycles. The Hall–Kier alpha value is -3.80. The first kappa shape index (κ1) is 33.6. The van der Waals surface area contributed by atoms with Gasteiger partial charge in [0.2, 0.25) is 17.6 Å². The first-order valence-electron chi connectivity index (χ1n) is 15.7. The molecule has 10 nitrogen and oxygen atoms in total. The molecule has 0 saturated carbocycles. The fourth-order valence-corrected chi connectivity index (χ4v) is 7.44. The molecule has 2 aromatic rings. The number of rotatable bonds is 13. The summed E-state index contributed by atoms with van der Waals surface area (Å²) in [4.78, 5) is 51.0. The quantitative estimate of drug-likeness (QED) is 0.249. The summed E-state index contributed by atoms with van der Waals surface area (Å²) in [6.45, 7) is 2.29. The largest absolute Gasteiger partial charge is 0.458 e. The van der Waals surface area contributed by atoms with Crippen LogP contribution < -0.4 is 20.7 Å². The highest BCUT2D eigenvalue weighted by Gasteiger charge is 2.58. The number of fused-ring (bicyclic) bond motifs is 2. The average Bonchev–Trinajstić information content (AvgIpc) is 3.07. The second-order valence-electron chi connectivity index (χ2n) is 11.9. The number of aliphatic hydroxyl groups is 1. The van der Waals surface area contributed by atoms with Crippen molar-refractivity contribution in [3.05, 3.63) is 87.4 Å². The van der Waals surface area contributed by atoms with Gasteiger partial charge < -0.3 is 30.5 Å². The Bertz CT molecular complexity index is 1560. The summed E-state index contributed by atoms with van der Waals surface area (Å²) in [6, 6.07) is 13.2. The molecule has 0 saturated heterocycles. The van der Waals surface area contributed by atoms with Crippen molar-refractivity contribution in [1.82, 2.24) is 16.0 Å². The zero-order valence-corrected chi connectivity index (χ0v) is 27.6. The van der Waals surface area contributed by atoms with Gasteiger partial charge in [-0.25, -0.2) is 0 Å². The lowest BCUT2D eigenvalue weighted by Crippen LogP contribution is -2.56. The number of hydrogen-bond donors (Lipinski definition) is 4. The standard InChI is InChI=1S/C35H40BrN3O7/c1-3-24-21(8-6-10-30(42)38-20-31(43)37-15-16-40)17-25-28(41)13-14-35(45-2)33(25)32(24)26-18-22(11-12-29(26)46-35)34(44)39-19-23-7-4-5-9-27(23)36/h4-5,7,9,11-14,17-18,21,24,32-33,40H,3,6,8,10,15-16,19-20H2,1-2H3,(H,37,43)(H,38,42)(H,39,44). The van der Waals surface area contributed by atoms with Gasteiger partial charge in [0.15, 0.2) is 5.78 Å². The van der Waals surface area contributed by atoms with Gasteiger partial charge in [0.25, 0.3) is 5.91 Å². The second kappa shape index (κ2) is 14.7. The summed E-state index contributed by atoms with van der Waals surface area (Å²) in [6.07, 6.45) is 7.51. The number of carbonyl (C=O) groups is 4. The maximum absolute atomic E-state index is 13.4. The number of nitrogens with one attached hydrogen (secondary N) is 3. The molecule has 5 atom stereocenters. The van der Waals surface area contributed by atoms with E-state index in [9.17, 15) is 19.2 Å². The maximum atomic E-state index is 13.4. The molecule has 5 unspecified atom stereocenters. The number of methoxy groups -OCH3 is 1. The van der Waals surface area contributed by atoms with Crippen molar-refractivity contribution in [3.8, 4) is 5.75 Å². The van der Waals surface area contributed by atoms with Crippen LogP contribution in [0.2, 0.25) is 0 Å². The molecule has 5 rings (SSSR count). The van der Waals surface area contributed by atoms with E-state index in [1.807, 2.05) is 42.5 Å². The molecule has 1 heterocycles. The summed E-state index contributed by atoms with van der Waals surface area (Å²) in [7, 11) is 1.58. The number of hydrogen-bond acceptors (Lipinski definition) is 7. The minimum absolute atomic E-state index is 0.00854. The van der Waals surface area contributed by atoms with E-state index in [2.05, 4.69) is 38.8 Å². The van der Waals surface area contributed by atoms with E-state index < -0.39 is 11.7 Å². The van der Waals surface area contributed by atoms with Crippen molar-refractivity contribution in [2.24, 2.45) is 17.8 Å². The SMILES string of the molecule is CCC1C(CCCC(=O)NCC(=O)NCCO)C=C2C(=O)C=CC3(OC)Oc4ccc(C(=O)NCc5ccccc5Br)cc4C1C23. The molecule has 0 radical (unpaired) electrons. The Morgan fingerprint density at radius 3 is 2.63 bits per heavy atom. The second-order valence-corrected chi connectivity index (χ2v) is 12.7. The van der Waals surface area contributed by atoms with Crippen molar-refractivity contribution < 1.29 is 33.8 Å². The van der Waals surface area contributed by atoms with Crippen LogP contribution in [-0.4, -0.2) is 61.2 Å². The average molecular weight is 695 g/mol. The van der Waals surface area contributed by atoms with Crippen LogP contribution in [0, 0.1) is 17.8 Å². The normalized spacial score (nSPS) is 24.2. The molecular formula is C35H40BrN3O7. The lowest BCUT2D eigenvalue weighted by Gasteiger charge is -2.53. The third-order valence-corrected chi connectivity index (χ3v) is 9.97. The molecule has 11 heteroatoms. The Labute approximate surface area is 277 Å². The van der Waals surface area contributed by atoms with Gasteiger partial charge in [-0.15, -0.1) is 0 Å². The summed E-state index contributed by atoms with van der Waals surface area (Å²) in [5, 5.41) is 17.0. The van der Waals surface area contributed by atoms with Crippen LogP contribution in [0.3, 0.4) is 0 Å². The summed E-state index contributed by atoms with van der Waals surface area (Å²) >= 11 is 3.53. The van der Waals surface area contributed by atoms with Crippen molar-refractivity contribution in [1.29, 1.82) is 0 Å². The van der Waals surface area contributed by atoms with Crippen LogP contribution in [0.5, 0.6) is 5.75 Å². The highest BCUT2D eigenvalue weighted by molar-refractivity contribution is 9.10. The first-order valence-corrected chi connectivity index (χ1v) is 16.5. The monoisotopic (exact) mass is 693 g/mol. The van der Waals surface area contributed by atoms with E-state index in [1.165, 1.54) is 6.08 Å². The lowest BCUT2D eigenvalue weighted by atomic mass is 9.57. The third-order valence-electron chi connectivity index (χ3n) is 9.19. The van der Waals surface area contributed by atoms with Crippen LogP contribution >= 0.6 is 15.9 Å². The number of carbonyl (C=O) groups excluding carboxylic acids is 4. The molecule has 2 aliphatic carbocycles. The van der Waals surface area contributed by atoms with Crippen LogP contribution in [-0.2, 0) is 25.7 Å². The Morgan fingerprint density at radius 1 is 1.09 bits per heavy atom. The molecule has 1 aliphatic heterocycles. The molecule has 0 spiro atoms. The molecule has 0 bridgehead atoms. The van der Waals surface area contributed by atoms with Crippen LogP contribution in [0.15, 0.2) is 70.7 Å². The van der Waals surface area contributed by atoms with Crippen LogP contribution in [0.1, 0.15) is 60.0 Å². The zero-order chi connectivity index (χ0) is 32.8.